The molecule has 5 nitrogen and oxygen atoms in total. The van der Waals surface area contributed by atoms with Crippen LogP contribution in [-0.2, 0) is 6.42 Å². The molecule has 25 heavy (non-hydrogen) atoms. The van der Waals surface area contributed by atoms with E-state index >= 15 is 0 Å². The Morgan fingerprint density at radius 1 is 1.12 bits per heavy atom. The molecule has 2 aromatic carbocycles. The second kappa shape index (κ2) is 7.75. The Balaban J connectivity index is 1.49. The first kappa shape index (κ1) is 16.9. The van der Waals surface area contributed by atoms with E-state index in [9.17, 15) is 4.79 Å². The Bertz CT molecular complexity index is 840. The van der Waals surface area contributed by atoms with Crippen LogP contribution in [0.3, 0.4) is 0 Å². The van der Waals surface area contributed by atoms with Crippen LogP contribution in [0.4, 0.5) is 0 Å². The number of benzene rings is 2. The third-order valence-corrected chi connectivity index (χ3v) is 4.16. The van der Waals surface area contributed by atoms with Crippen LogP contribution in [0.15, 0.2) is 53.3 Å². The van der Waals surface area contributed by atoms with Crippen molar-refractivity contribution in [3.63, 3.8) is 0 Å². The summed E-state index contributed by atoms with van der Waals surface area (Å²) in [5, 5.41) is 10.5. The van der Waals surface area contributed by atoms with Gasteiger partial charge in [-0.25, -0.2) is 0 Å². The van der Waals surface area contributed by atoms with Gasteiger partial charge in [0.2, 0.25) is 12.3 Å². The summed E-state index contributed by atoms with van der Waals surface area (Å²) in [6.45, 7) is 4.88. The highest BCUT2D eigenvalue weighted by atomic mass is 16.4. The largest absolute Gasteiger partial charge is 0.423 e. The molecule has 0 unspecified atom stereocenters. The van der Waals surface area contributed by atoms with E-state index in [2.05, 4.69) is 47.6 Å². The monoisotopic (exact) mass is 335 g/mol. The molecule has 1 amide bonds. The molecule has 0 spiro atoms. The number of amides is 1. The molecule has 1 N–H and O–H groups in total. The first-order valence-electron chi connectivity index (χ1n) is 8.34. The van der Waals surface area contributed by atoms with Gasteiger partial charge in [-0.2, -0.15) is 0 Å². The summed E-state index contributed by atoms with van der Waals surface area (Å²) >= 11 is 0. The van der Waals surface area contributed by atoms with Crippen LogP contribution in [0.5, 0.6) is 0 Å². The Kier molecular flexibility index (Phi) is 5.23. The predicted octanol–water partition coefficient (Wildman–Crippen LogP) is 3.72. The summed E-state index contributed by atoms with van der Waals surface area (Å²) < 4.78 is 5.14. The highest BCUT2D eigenvalue weighted by Crippen LogP contribution is 2.16. The summed E-state index contributed by atoms with van der Waals surface area (Å²) in [4.78, 5) is 12.2. The number of hydrogen-bond acceptors (Lipinski definition) is 4. The molecule has 0 radical (unpaired) electrons. The van der Waals surface area contributed by atoms with E-state index in [0.717, 1.165) is 18.4 Å². The van der Waals surface area contributed by atoms with Gasteiger partial charge in [0, 0.05) is 17.7 Å². The van der Waals surface area contributed by atoms with Gasteiger partial charge in [0.25, 0.3) is 5.91 Å². The molecule has 0 saturated heterocycles. The standard InChI is InChI=1S/C20H21N3O2/c1-14-5-6-16(15(2)12-14)4-3-11-21-19(24)17-7-9-18(10-8-17)20-23-22-13-25-20/h5-10,12-13H,3-4,11H2,1-2H3,(H,21,24). The number of nitrogens with one attached hydrogen (secondary N) is 1. The van der Waals surface area contributed by atoms with E-state index in [1.54, 1.807) is 24.3 Å². The van der Waals surface area contributed by atoms with Crippen molar-refractivity contribution in [2.24, 2.45) is 0 Å². The summed E-state index contributed by atoms with van der Waals surface area (Å²) in [6, 6.07) is 13.6. The highest BCUT2D eigenvalue weighted by Gasteiger charge is 2.08. The average Bonchev–Trinajstić information content (AvgIpc) is 3.15. The van der Waals surface area contributed by atoms with Crippen molar-refractivity contribution in [1.82, 2.24) is 15.5 Å². The van der Waals surface area contributed by atoms with E-state index in [4.69, 9.17) is 4.42 Å². The van der Waals surface area contributed by atoms with Crippen molar-refractivity contribution in [1.29, 1.82) is 0 Å². The maximum atomic E-state index is 12.2. The Morgan fingerprint density at radius 3 is 2.60 bits per heavy atom. The van der Waals surface area contributed by atoms with Gasteiger partial charge in [-0.1, -0.05) is 23.8 Å². The molecule has 1 aromatic heterocycles. The molecule has 3 aromatic rings. The minimum absolute atomic E-state index is 0.0716. The Labute approximate surface area is 147 Å². The first-order chi connectivity index (χ1) is 12.1. The molecular formula is C20H21N3O2. The lowest BCUT2D eigenvalue weighted by atomic mass is 10.0. The minimum atomic E-state index is -0.0716. The number of aromatic nitrogens is 2. The number of carbonyl (C=O) groups excluding carboxylic acids is 1. The maximum Gasteiger partial charge on any atom is 0.251 e. The van der Waals surface area contributed by atoms with E-state index in [0.29, 0.717) is 18.0 Å². The zero-order valence-electron chi connectivity index (χ0n) is 14.5. The van der Waals surface area contributed by atoms with Crippen molar-refractivity contribution in [2.75, 3.05) is 6.54 Å². The molecule has 128 valence electrons. The molecule has 0 bridgehead atoms. The zero-order chi connectivity index (χ0) is 17.6. The van der Waals surface area contributed by atoms with Gasteiger partial charge in [0.05, 0.1) is 0 Å². The van der Waals surface area contributed by atoms with Gasteiger partial charge in [-0.05, 0) is 62.1 Å². The van der Waals surface area contributed by atoms with Crippen LogP contribution in [0.2, 0.25) is 0 Å². The maximum absolute atomic E-state index is 12.2. The lowest BCUT2D eigenvalue weighted by molar-refractivity contribution is 0.0953. The van der Waals surface area contributed by atoms with Crippen molar-refractivity contribution in [3.05, 3.63) is 71.1 Å². The van der Waals surface area contributed by atoms with Crippen molar-refractivity contribution < 1.29 is 9.21 Å². The lowest BCUT2D eigenvalue weighted by Gasteiger charge is -2.08. The van der Waals surface area contributed by atoms with Crippen molar-refractivity contribution in [3.8, 4) is 11.5 Å². The van der Waals surface area contributed by atoms with Gasteiger partial charge in [0.1, 0.15) is 0 Å². The van der Waals surface area contributed by atoms with E-state index < -0.39 is 0 Å². The van der Waals surface area contributed by atoms with E-state index in [1.807, 2.05) is 0 Å². The average molecular weight is 335 g/mol. The fourth-order valence-corrected chi connectivity index (χ4v) is 2.77. The van der Waals surface area contributed by atoms with Gasteiger partial charge in [0.15, 0.2) is 0 Å². The topological polar surface area (TPSA) is 68.0 Å². The summed E-state index contributed by atoms with van der Waals surface area (Å²) in [5.74, 6) is 0.373. The van der Waals surface area contributed by atoms with Crippen LogP contribution >= 0.6 is 0 Å². The summed E-state index contributed by atoms with van der Waals surface area (Å²) in [7, 11) is 0. The number of rotatable bonds is 6. The SMILES string of the molecule is Cc1ccc(CCCNC(=O)c2ccc(-c3nnco3)cc2)c(C)c1. The highest BCUT2D eigenvalue weighted by molar-refractivity contribution is 5.94. The Morgan fingerprint density at radius 2 is 1.92 bits per heavy atom. The molecule has 0 aliphatic carbocycles. The molecule has 0 fully saturated rings. The van der Waals surface area contributed by atoms with E-state index in [-0.39, 0.29) is 5.91 Å². The van der Waals surface area contributed by atoms with Gasteiger partial charge >= 0.3 is 0 Å². The normalized spacial score (nSPS) is 10.6. The molecule has 0 saturated carbocycles. The van der Waals surface area contributed by atoms with Crippen LogP contribution in [0.1, 0.15) is 33.5 Å². The number of aryl methyl sites for hydroxylation is 3. The van der Waals surface area contributed by atoms with Gasteiger partial charge < -0.3 is 9.73 Å². The fraction of sp³-hybridized carbons (Fsp3) is 0.250. The molecule has 3 rings (SSSR count). The molecule has 5 heteroatoms. The van der Waals surface area contributed by atoms with Crippen molar-refractivity contribution in [2.45, 2.75) is 26.7 Å². The molecule has 0 aliphatic rings. The van der Waals surface area contributed by atoms with E-state index in [1.165, 1.54) is 23.1 Å². The van der Waals surface area contributed by atoms with Gasteiger partial charge in [-0.3, -0.25) is 4.79 Å². The lowest BCUT2D eigenvalue weighted by Crippen LogP contribution is -2.24. The minimum Gasteiger partial charge on any atom is -0.423 e. The smallest absolute Gasteiger partial charge is 0.251 e. The van der Waals surface area contributed by atoms with Crippen LogP contribution < -0.4 is 5.32 Å². The molecule has 0 aliphatic heterocycles. The van der Waals surface area contributed by atoms with Crippen molar-refractivity contribution >= 4 is 5.91 Å². The van der Waals surface area contributed by atoms with Gasteiger partial charge in [-0.15, -0.1) is 10.2 Å². The molecule has 0 atom stereocenters. The summed E-state index contributed by atoms with van der Waals surface area (Å²) in [5.41, 5.74) is 5.34. The zero-order valence-corrected chi connectivity index (χ0v) is 14.5. The summed E-state index contributed by atoms with van der Waals surface area (Å²) in [6.07, 6.45) is 3.16. The second-order valence-electron chi connectivity index (χ2n) is 6.11. The molecular weight excluding hydrogens is 314 g/mol. The Hall–Kier alpha value is -2.95. The van der Waals surface area contributed by atoms with Crippen LogP contribution in [-0.4, -0.2) is 22.6 Å². The number of carbonyl (C=O) groups is 1. The predicted molar refractivity (Wildman–Crippen MR) is 96.3 cm³/mol. The fourth-order valence-electron chi connectivity index (χ4n) is 2.77. The van der Waals surface area contributed by atoms with Crippen LogP contribution in [0.25, 0.3) is 11.5 Å². The number of hydrogen-bond donors (Lipinski definition) is 1. The quantitative estimate of drug-likeness (QED) is 0.697. The van der Waals surface area contributed by atoms with Crippen LogP contribution in [0, 0.1) is 13.8 Å². The second-order valence-corrected chi connectivity index (χ2v) is 6.11. The third-order valence-electron chi connectivity index (χ3n) is 4.16. The third kappa shape index (κ3) is 4.32. The molecule has 1 heterocycles. The number of nitrogens with zero attached hydrogens (tertiary/aromatic N) is 2. The first-order valence-corrected chi connectivity index (χ1v) is 8.34.